The number of hydrazone groups is 1. The molecule has 10 heavy (non-hydrogen) atoms. The molecule has 0 spiro atoms. The zero-order chi connectivity index (χ0) is 7.98. The van der Waals surface area contributed by atoms with Crippen molar-refractivity contribution in [2.24, 2.45) is 10.1 Å². The minimum atomic E-state index is 0.312. The summed E-state index contributed by atoms with van der Waals surface area (Å²) in [6, 6.07) is 0.312. The van der Waals surface area contributed by atoms with Gasteiger partial charge >= 0.3 is 0 Å². The molecule has 0 aliphatic carbocycles. The second-order valence-electron chi connectivity index (χ2n) is 2.10. The van der Waals surface area contributed by atoms with Crippen LogP contribution in [0.5, 0.6) is 0 Å². The first-order valence-electron chi connectivity index (χ1n) is 3.15. The zero-order valence-corrected chi connectivity index (χ0v) is 6.70. The highest BCUT2D eigenvalue weighted by Gasteiger charge is 1.97. The predicted molar refractivity (Wildman–Crippen MR) is 44.5 cm³/mol. The molecule has 0 bridgehead atoms. The summed E-state index contributed by atoms with van der Waals surface area (Å²) in [6.45, 7) is 7.43. The molecular formula is C7H13N3. The van der Waals surface area contributed by atoms with Crippen LogP contribution in [0.4, 0.5) is 0 Å². The van der Waals surface area contributed by atoms with Gasteiger partial charge in [-0.25, -0.2) is 4.99 Å². The largest absolute Gasteiger partial charge is 0.262 e. The summed E-state index contributed by atoms with van der Waals surface area (Å²) in [7, 11) is 1.66. The molecule has 0 rings (SSSR count). The fraction of sp³-hybridized carbons (Fsp3) is 0.571. The van der Waals surface area contributed by atoms with Crippen molar-refractivity contribution in [3.63, 3.8) is 0 Å². The molecule has 0 aromatic heterocycles. The van der Waals surface area contributed by atoms with E-state index < -0.39 is 0 Å². The third kappa shape index (κ3) is 3.05. The summed E-state index contributed by atoms with van der Waals surface area (Å²) in [5, 5.41) is 5.42. The van der Waals surface area contributed by atoms with Gasteiger partial charge < -0.3 is 0 Å². The van der Waals surface area contributed by atoms with Crippen molar-refractivity contribution in [1.82, 2.24) is 5.01 Å². The average molecular weight is 139 g/mol. The van der Waals surface area contributed by atoms with Crippen LogP contribution in [0.2, 0.25) is 0 Å². The number of rotatable bonds is 3. The zero-order valence-electron chi connectivity index (χ0n) is 6.70. The van der Waals surface area contributed by atoms with Crippen molar-refractivity contribution in [2.75, 3.05) is 7.05 Å². The van der Waals surface area contributed by atoms with Crippen LogP contribution in [0.3, 0.4) is 0 Å². The lowest BCUT2D eigenvalue weighted by Gasteiger charge is -2.15. The molecule has 0 aromatic carbocycles. The van der Waals surface area contributed by atoms with Crippen molar-refractivity contribution < 1.29 is 0 Å². The first kappa shape index (κ1) is 8.92. The van der Waals surface area contributed by atoms with E-state index in [9.17, 15) is 0 Å². The Bertz CT molecular complexity index is 154. The highest BCUT2D eigenvalue weighted by atomic mass is 15.4. The molecule has 0 aliphatic heterocycles. The van der Waals surface area contributed by atoms with E-state index in [1.54, 1.807) is 18.3 Å². The molecule has 0 saturated carbocycles. The second kappa shape index (κ2) is 4.77. The van der Waals surface area contributed by atoms with E-state index in [2.05, 4.69) is 22.7 Å². The first-order valence-corrected chi connectivity index (χ1v) is 3.15. The summed E-state index contributed by atoms with van der Waals surface area (Å²) in [6.07, 6.45) is 1.66. The first-order chi connectivity index (χ1) is 4.72. The minimum absolute atomic E-state index is 0.312. The quantitative estimate of drug-likeness (QED) is 0.425. The van der Waals surface area contributed by atoms with E-state index in [1.807, 2.05) is 13.8 Å². The lowest BCUT2D eigenvalue weighted by molar-refractivity contribution is 0.334. The Kier molecular flexibility index (Phi) is 4.25. The molecule has 0 saturated heterocycles. The summed E-state index contributed by atoms with van der Waals surface area (Å²) < 4.78 is 0. The normalized spacial score (nSPS) is 8.40. The van der Waals surface area contributed by atoms with Gasteiger partial charge in [-0.15, -0.1) is 0 Å². The summed E-state index contributed by atoms with van der Waals surface area (Å²) in [5.41, 5.74) is 0. The van der Waals surface area contributed by atoms with Gasteiger partial charge in [-0.1, -0.05) is 0 Å². The van der Waals surface area contributed by atoms with Gasteiger partial charge in [0.1, 0.15) is 0 Å². The van der Waals surface area contributed by atoms with Gasteiger partial charge in [-0.05, 0) is 13.8 Å². The second-order valence-corrected chi connectivity index (χ2v) is 2.10. The lowest BCUT2D eigenvalue weighted by atomic mass is 10.4. The summed E-state index contributed by atoms with van der Waals surface area (Å²) in [5.74, 6) is 2.67. The Balaban J connectivity index is 4.08. The summed E-state index contributed by atoms with van der Waals surface area (Å²) in [4.78, 5) is 3.67. The van der Waals surface area contributed by atoms with Gasteiger partial charge in [0.05, 0.1) is 6.20 Å². The third-order valence-corrected chi connectivity index (χ3v) is 1.01. The van der Waals surface area contributed by atoms with Crippen molar-refractivity contribution in [1.29, 1.82) is 0 Å². The molecule has 56 valence electrons. The molecular weight excluding hydrogens is 126 g/mol. The van der Waals surface area contributed by atoms with Crippen LogP contribution in [0, 0.1) is 0 Å². The van der Waals surface area contributed by atoms with Crippen LogP contribution >= 0.6 is 0 Å². The third-order valence-electron chi connectivity index (χ3n) is 1.01. The molecule has 0 aromatic rings. The Morgan fingerprint density at radius 1 is 1.60 bits per heavy atom. The van der Waals surface area contributed by atoms with Crippen LogP contribution in [0.25, 0.3) is 0 Å². The monoisotopic (exact) mass is 139 g/mol. The van der Waals surface area contributed by atoms with Crippen LogP contribution in [0.1, 0.15) is 13.8 Å². The Labute approximate surface area is 61.8 Å². The molecule has 0 N–H and O–H groups in total. The van der Waals surface area contributed by atoms with Gasteiger partial charge in [-0.2, -0.15) is 5.10 Å². The molecule has 0 unspecified atom stereocenters. The van der Waals surface area contributed by atoms with Crippen LogP contribution < -0.4 is 0 Å². The maximum Gasteiger partial charge on any atom is 0.0844 e. The molecule has 0 radical (unpaired) electrons. The van der Waals surface area contributed by atoms with Gasteiger partial charge in [0, 0.05) is 25.7 Å². The topological polar surface area (TPSA) is 28.0 Å². The van der Waals surface area contributed by atoms with E-state index in [1.165, 1.54) is 0 Å². The highest BCUT2D eigenvalue weighted by Crippen LogP contribution is 1.95. The molecule has 3 heteroatoms. The Morgan fingerprint density at radius 2 is 2.20 bits per heavy atom. The van der Waals surface area contributed by atoms with Gasteiger partial charge in [-0.3, -0.25) is 5.01 Å². The van der Waals surface area contributed by atoms with Gasteiger partial charge in [0.15, 0.2) is 0 Å². The van der Waals surface area contributed by atoms with Crippen molar-refractivity contribution >= 4 is 12.6 Å². The smallest absolute Gasteiger partial charge is 0.0844 e. The molecule has 0 heterocycles. The van der Waals surface area contributed by atoms with E-state index in [4.69, 9.17) is 0 Å². The fourth-order valence-corrected chi connectivity index (χ4v) is 0.470. The molecule has 0 amide bonds. The van der Waals surface area contributed by atoms with Crippen LogP contribution in [0.15, 0.2) is 16.3 Å². The van der Waals surface area contributed by atoms with Crippen molar-refractivity contribution in [3.8, 4) is 0 Å². The Hall–Kier alpha value is -1.08. The standard InChI is InChI=1S/C7H13N3/c1-7(2)10(9-4)6-5-8-3/h6-7H,4H2,1-3H3. The van der Waals surface area contributed by atoms with E-state index in [0.717, 1.165) is 0 Å². The number of aliphatic imine (C=N–C) groups is 1. The van der Waals surface area contributed by atoms with E-state index in [0.29, 0.717) is 6.04 Å². The average Bonchev–Trinajstić information content (AvgIpc) is 1.89. The molecule has 0 atom stereocenters. The lowest BCUT2D eigenvalue weighted by Crippen LogP contribution is -2.18. The van der Waals surface area contributed by atoms with Gasteiger partial charge in [0.25, 0.3) is 0 Å². The van der Waals surface area contributed by atoms with E-state index in [-0.39, 0.29) is 0 Å². The number of nitrogens with zero attached hydrogens (tertiary/aromatic N) is 3. The SMILES string of the molecule is C=NN(C=C=NC)C(C)C. The Morgan fingerprint density at radius 3 is 2.50 bits per heavy atom. The number of hydrogen-bond acceptors (Lipinski definition) is 3. The molecule has 3 nitrogen and oxygen atoms in total. The maximum absolute atomic E-state index is 3.73. The van der Waals surface area contributed by atoms with Gasteiger partial charge in [0.2, 0.25) is 0 Å². The molecule has 0 aliphatic rings. The number of hydrogen-bond donors (Lipinski definition) is 0. The minimum Gasteiger partial charge on any atom is -0.262 e. The fourth-order valence-electron chi connectivity index (χ4n) is 0.470. The van der Waals surface area contributed by atoms with Crippen molar-refractivity contribution in [2.45, 2.75) is 19.9 Å². The van der Waals surface area contributed by atoms with Crippen LogP contribution in [-0.2, 0) is 0 Å². The predicted octanol–water partition coefficient (Wildman–Crippen LogP) is 1.13. The van der Waals surface area contributed by atoms with E-state index >= 15 is 0 Å². The van der Waals surface area contributed by atoms with Crippen LogP contribution in [-0.4, -0.2) is 30.7 Å². The van der Waals surface area contributed by atoms with Crippen molar-refractivity contribution in [3.05, 3.63) is 6.20 Å². The summed E-state index contributed by atoms with van der Waals surface area (Å²) >= 11 is 0. The molecule has 0 fully saturated rings. The highest BCUT2D eigenvalue weighted by molar-refractivity contribution is 5.50. The maximum atomic E-state index is 3.73.